The molecule has 0 unspecified atom stereocenters. The second-order valence-corrected chi connectivity index (χ2v) is 9.84. The fourth-order valence-electron chi connectivity index (χ4n) is 7.48. The Hall–Kier alpha value is -1.09. The van der Waals surface area contributed by atoms with Crippen molar-refractivity contribution in [1.82, 2.24) is 0 Å². The molecule has 7 atom stereocenters. The van der Waals surface area contributed by atoms with Crippen molar-refractivity contribution in [3.05, 3.63) is 24.3 Å². The summed E-state index contributed by atoms with van der Waals surface area (Å²) in [5, 5.41) is 10.1. The molecular formula is C23H34O3. The van der Waals surface area contributed by atoms with Crippen molar-refractivity contribution in [2.75, 3.05) is 0 Å². The molecule has 0 aromatic heterocycles. The molecule has 0 spiro atoms. The number of carbonyl (C=O) groups is 1. The molecule has 0 radical (unpaired) electrons. The van der Waals surface area contributed by atoms with Crippen molar-refractivity contribution >= 4 is 5.97 Å². The molecule has 1 N–H and O–H groups in total. The average molecular weight is 359 g/mol. The Morgan fingerprint density at radius 1 is 1.23 bits per heavy atom. The normalized spacial score (nSPS) is 50.1. The van der Waals surface area contributed by atoms with Crippen LogP contribution in [0.2, 0.25) is 0 Å². The minimum atomic E-state index is -0.498. The summed E-state index contributed by atoms with van der Waals surface area (Å²) in [5.41, 5.74) is 1.26. The molecule has 144 valence electrons. The monoisotopic (exact) mass is 358 g/mol. The van der Waals surface area contributed by atoms with Crippen LogP contribution in [0.25, 0.3) is 0 Å². The fraction of sp³-hybridized carbons (Fsp3) is 0.783. The van der Waals surface area contributed by atoms with Crippen molar-refractivity contribution in [3.63, 3.8) is 0 Å². The summed E-state index contributed by atoms with van der Waals surface area (Å²) in [4.78, 5) is 11.8. The van der Waals surface area contributed by atoms with Crippen LogP contribution < -0.4 is 0 Å². The predicted molar refractivity (Wildman–Crippen MR) is 102 cm³/mol. The van der Waals surface area contributed by atoms with E-state index < -0.39 is 5.60 Å². The zero-order valence-electron chi connectivity index (χ0n) is 16.6. The Balaban J connectivity index is 1.68. The van der Waals surface area contributed by atoms with E-state index in [9.17, 15) is 9.90 Å². The maximum atomic E-state index is 11.8. The quantitative estimate of drug-likeness (QED) is 0.570. The molecule has 3 nitrogen and oxygen atoms in total. The highest BCUT2D eigenvalue weighted by atomic mass is 16.6. The van der Waals surface area contributed by atoms with Gasteiger partial charge in [-0.2, -0.15) is 0 Å². The van der Waals surface area contributed by atoms with Gasteiger partial charge in [0.1, 0.15) is 5.60 Å². The molecule has 0 heterocycles. The van der Waals surface area contributed by atoms with E-state index in [0.717, 1.165) is 44.9 Å². The molecule has 3 fully saturated rings. The van der Waals surface area contributed by atoms with Crippen LogP contribution in [0.4, 0.5) is 0 Å². The van der Waals surface area contributed by atoms with Crippen LogP contribution in [0.5, 0.6) is 0 Å². The van der Waals surface area contributed by atoms with Gasteiger partial charge >= 0.3 is 5.97 Å². The Morgan fingerprint density at radius 2 is 1.96 bits per heavy atom. The zero-order valence-corrected chi connectivity index (χ0v) is 16.6. The van der Waals surface area contributed by atoms with E-state index in [1.807, 2.05) is 6.08 Å². The summed E-state index contributed by atoms with van der Waals surface area (Å²) in [6.07, 6.45) is 12.6. The van der Waals surface area contributed by atoms with Crippen molar-refractivity contribution in [2.24, 2.45) is 28.6 Å². The van der Waals surface area contributed by atoms with E-state index in [4.69, 9.17) is 4.74 Å². The second kappa shape index (κ2) is 5.95. The number of aliphatic hydroxyl groups excluding tert-OH is 1. The van der Waals surface area contributed by atoms with Crippen LogP contribution in [0.1, 0.15) is 72.1 Å². The number of hydrogen-bond donors (Lipinski definition) is 1. The lowest BCUT2D eigenvalue weighted by molar-refractivity contribution is -0.170. The van der Waals surface area contributed by atoms with Crippen molar-refractivity contribution in [2.45, 2.75) is 83.8 Å². The smallest absolute Gasteiger partial charge is 0.303 e. The molecular weight excluding hydrogens is 324 g/mol. The Labute approximate surface area is 157 Å². The van der Waals surface area contributed by atoms with Gasteiger partial charge in [0, 0.05) is 12.3 Å². The van der Waals surface area contributed by atoms with Gasteiger partial charge in [0.2, 0.25) is 0 Å². The van der Waals surface area contributed by atoms with Gasteiger partial charge in [-0.3, -0.25) is 4.79 Å². The minimum Gasteiger partial charge on any atom is -0.454 e. The standard InChI is InChI=1S/C23H34O3/c1-5-23(26-15(2)24)13-10-20-18-7-6-16-14-17(25)8-11-21(16,3)19(18)9-12-22(20,23)4/h5-6,17-20,25H,1,7-14H2,2-4H3/t17-,18-,19+,20+,21-,22+,23-/m0/s1. The van der Waals surface area contributed by atoms with Gasteiger partial charge in [-0.05, 0) is 80.6 Å². The third-order valence-electron chi connectivity index (χ3n) is 8.92. The van der Waals surface area contributed by atoms with Crippen LogP contribution in [0.3, 0.4) is 0 Å². The summed E-state index contributed by atoms with van der Waals surface area (Å²) in [5.74, 6) is 1.76. The first-order chi connectivity index (χ1) is 12.3. The summed E-state index contributed by atoms with van der Waals surface area (Å²) in [6, 6.07) is 0. The fourth-order valence-corrected chi connectivity index (χ4v) is 7.48. The van der Waals surface area contributed by atoms with E-state index in [1.54, 1.807) is 0 Å². The van der Waals surface area contributed by atoms with Crippen LogP contribution in [0.15, 0.2) is 24.3 Å². The predicted octanol–water partition coefficient (Wildman–Crippen LogP) is 4.80. The van der Waals surface area contributed by atoms with Crippen molar-refractivity contribution < 1.29 is 14.6 Å². The topological polar surface area (TPSA) is 46.5 Å². The summed E-state index contributed by atoms with van der Waals surface area (Å²) in [7, 11) is 0. The molecule has 3 saturated carbocycles. The molecule has 4 rings (SSSR count). The summed E-state index contributed by atoms with van der Waals surface area (Å²) in [6.45, 7) is 10.4. The summed E-state index contributed by atoms with van der Waals surface area (Å²) < 4.78 is 5.94. The van der Waals surface area contributed by atoms with Crippen LogP contribution >= 0.6 is 0 Å². The number of allylic oxidation sites excluding steroid dienone is 1. The van der Waals surface area contributed by atoms with Crippen molar-refractivity contribution in [3.8, 4) is 0 Å². The molecule has 0 aromatic rings. The minimum absolute atomic E-state index is 0.00251. The molecule has 4 aliphatic carbocycles. The molecule has 0 amide bonds. The van der Waals surface area contributed by atoms with Gasteiger partial charge in [-0.15, -0.1) is 0 Å². The highest BCUT2D eigenvalue weighted by Crippen LogP contribution is 2.68. The molecule has 26 heavy (non-hydrogen) atoms. The maximum absolute atomic E-state index is 11.8. The van der Waals surface area contributed by atoms with E-state index in [2.05, 4.69) is 26.5 Å². The Kier molecular flexibility index (Phi) is 4.19. The lowest BCUT2D eigenvalue weighted by Gasteiger charge is -2.59. The third-order valence-corrected chi connectivity index (χ3v) is 8.92. The molecule has 4 aliphatic rings. The lowest BCUT2D eigenvalue weighted by atomic mass is 9.47. The van der Waals surface area contributed by atoms with Crippen molar-refractivity contribution in [1.29, 1.82) is 0 Å². The number of aliphatic hydroxyl groups is 1. The van der Waals surface area contributed by atoms with Crippen LogP contribution in [0, 0.1) is 28.6 Å². The third kappa shape index (κ3) is 2.32. The highest BCUT2D eigenvalue weighted by Gasteiger charge is 2.64. The second-order valence-electron chi connectivity index (χ2n) is 9.84. The number of fused-ring (bicyclic) bond motifs is 5. The van der Waals surface area contributed by atoms with E-state index in [0.29, 0.717) is 17.8 Å². The molecule has 0 bridgehead atoms. The zero-order chi connectivity index (χ0) is 18.7. The molecule has 0 aromatic carbocycles. The van der Waals surface area contributed by atoms with Gasteiger partial charge in [-0.25, -0.2) is 0 Å². The first-order valence-corrected chi connectivity index (χ1v) is 10.5. The van der Waals surface area contributed by atoms with Gasteiger partial charge < -0.3 is 9.84 Å². The molecule has 0 saturated heterocycles. The lowest BCUT2D eigenvalue weighted by Crippen LogP contribution is -2.55. The van der Waals surface area contributed by atoms with Gasteiger partial charge in [0.25, 0.3) is 0 Å². The van der Waals surface area contributed by atoms with E-state index in [1.165, 1.54) is 18.9 Å². The van der Waals surface area contributed by atoms with E-state index >= 15 is 0 Å². The van der Waals surface area contributed by atoms with Gasteiger partial charge in [-0.1, -0.05) is 32.1 Å². The average Bonchev–Trinajstić information content (AvgIpc) is 2.88. The van der Waals surface area contributed by atoms with Gasteiger partial charge in [0.05, 0.1) is 6.10 Å². The highest BCUT2D eigenvalue weighted by molar-refractivity contribution is 5.67. The van der Waals surface area contributed by atoms with Crippen LogP contribution in [-0.4, -0.2) is 22.8 Å². The van der Waals surface area contributed by atoms with E-state index in [-0.39, 0.29) is 22.9 Å². The Bertz CT molecular complexity index is 652. The first-order valence-electron chi connectivity index (χ1n) is 10.5. The summed E-state index contributed by atoms with van der Waals surface area (Å²) >= 11 is 0. The SMILES string of the molecule is C=C[C@]1(OC(C)=O)CC[C@@H]2[C@H]3CC=C4C[C@@H](O)CC[C@]4(C)[C@@H]3CC[C@]21C. The number of esters is 1. The largest absolute Gasteiger partial charge is 0.454 e. The number of carbonyl (C=O) groups excluding carboxylic acids is 1. The molecule has 3 heteroatoms. The number of hydrogen-bond acceptors (Lipinski definition) is 3. The first kappa shape index (κ1) is 18.3. The van der Waals surface area contributed by atoms with Crippen LogP contribution in [-0.2, 0) is 9.53 Å². The number of ether oxygens (including phenoxy) is 1. The molecule has 0 aliphatic heterocycles. The Morgan fingerprint density at radius 3 is 2.65 bits per heavy atom. The number of rotatable bonds is 2. The van der Waals surface area contributed by atoms with Gasteiger partial charge in [0.15, 0.2) is 0 Å². The maximum Gasteiger partial charge on any atom is 0.303 e.